The Morgan fingerprint density at radius 3 is 2.67 bits per heavy atom. The van der Waals surface area contributed by atoms with E-state index in [1.54, 1.807) is 4.68 Å². The number of hydrogen-bond donors (Lipinski definition) is 1. The summed E-state index contributed by atoms with van der Waals surface area (Å²) in [6.45, 7) is 3.99. The summed E-state index contributed by atoms with van der Waals surface area (Å²) in [5, 5.41) is 8.48. The van der Waals surface area contributed by atoms with Crippen LogP contribution in [0.1, 0.15) is 24.2 Å². The van der Waals surface area contributed by atoms with Crippen molar-refractivity contribution in [2.24, 2.45) is 7.05 Å². The van der Waals surface area contributed by atoms with Gasteiger partial charge in [0, 0.05) is 24.9 Å². The second kappa shape index (κ2) is 3.42. The summed E-state index contributed by atoms with van der Waals surface area (Å²) in [5.74, 6) is 0.684. The molecule has 0 aromatic carbocycles. The first-order chi connectivity index (χ1) is 7.08. The van der Waals surface area contributed by atoms with Gasteiger partial charge in [0.1, 0.15) is 5.82 Å². The molecular formula is C10H15N5. The molecule has 0 saturated heterocycles. The number of hydrogen-bond acceptors (Lipinski definition) is 3. The molecule has 0 aliphatic heterocycles. The molecule has 80 valence electrons. The van der Waals surface area contributed by atoms with Crippen LogP contribution in [0.5, 0.6) is 0 Å². The Hall–Kier alpha value is -1.78. The van der Waals surface area contributed by atoms with Crippen molar-refractivity contribution in [2.75, 3.05) is 5.73 Å². The highest BCUT2D eigenvalue weighted by Gasteiger charge is 2.13. The van der Waals surface area contributed by atoms with E-state index in [4.69, 9.17) is 5.73 Å². The van der Waals surface area contributed by atoms with Gasteiger partial charge < -0.3 is 5.73 Å². The first kappa shape index (κ1) is 9.76. The van der Waals surface area contributed by atoms with Gasteiger partial charge in [-0.05, 0) is 13.8 Å². The summed E-state index contributed by atoms with van der Waals surface area (Å²) >= 11 is 0. The Morgan fingerprint density at radius 2 is 2.20 bits per heavy atom. The van der Waals surface area contributed by atoms with E-state index in [2.05, 4.69) is 17.1 Å². The van der Waals surface area contributed by atoms with Crippen molar-refractivity contribution in [3.05, 3.63) is 29.7 Å². The average molecular weight is 205 g/mol. The van der Waals surface area contributed by atoms with E-state index < -0.39 is 0 Å². The van der Waals surface area contributed by atoms with Crippen molar-refractivity contribution in [2.45, 2.75) is 19.9 Å². The molecule has 0 aliphatic rings. The summed E-state index contributed by atoms with van der Waals surface area (Å²) < 4.78 is 3.59. The highest BCUT2D eigenvalue weighted by atomic mass is 15.3. The standard InChI is InChI=1S/C10H15N5/c1-7-4-10(11)15(13-7)8(2)9-5-12-14(3)6-9/h4-6,8H,11H2,1-3H3. The number of nitrogens with zero attached hydrogens (tertiary/aromatic N) is 4. The van der Waals surface area contributed by atoms with E-state index in [9.17, 15) is 0 Å². The van der Waals surface area contributed by atoms with Crippen LogP contribution in [0, 0.1) is 6.92 Å². The number of nitrogen functional groups attached to an aromatic ring is 1. The topological polar surface area (TPSA) is 61.7 Å². The Bertz CT molecular complexity index is 468. The number of aromatic nitrogens is 4. The van der Waals surface area contributed by atoms with E-state index in [1.807, 2.05) is 37.1 Å². The monoisotopic (exact) mass is 205 g/mol. The Kier molecular flexibility index (Phi) is 2.22. The van der Waals surface area contributed by atoms with Gasteiger partial charge in [-0.2, -0.15) is 10.2 Å². The quantitative estimate of drug-likeness (QED) is 0.799. The molecule has 0 fully saturated rings. The molecule has 0 amide bonds. The lowest BCUT2D eigenvalue weighted by Crippen LogP contribution is -2.10. The molecule has 0 spiro atoms. The third-order valence-corrected chi connectivity index (χ3v) is 2.46. The van der Waals surface area contributed by atoms with Crippen LogP contribution in [0.15, 0.2) is 18.5 Å². The summed E-state index contributed by atoms with van der Waals surface area (Å²) in [4.78, 5) is 0. The van der Waals surface area contributed by atoms with E-state index in [0.717, 1.165) is 11.3 Å². The SMILES string of the molecule is Cc1cc(N)n(C(C)c2cnn(C)c2)n1. The van der Waals surface area contributed by atoms with Crippen molar-refractivity contribution in [3.8, 4) is 0 Å². The van der Waals surface area contributed by atoms with Crippen LogP contribution >= 0.6 is 0 Å². The third kappa shape index (κ3) is 1.72. The van der Waals surface area contributed by atoms with Crippen LogP contribution in [0.4, 0.5) is 5.82 Å². The molecule has 2 aromatic rings. The molecule has 1 unspecified atom stereocenters. The largest absolute Gasteiger partial charge is 0.384 e. The maximum Gasteiger partial charge on any atom is 0.122 e. The van der Waals surface area contributed by atoms with Crippen LogP contribution in [0.25, 0.3) is 0 Å². The van der Waals surface area contributed by atoms with Crippen LogP contribution in [-0.4, -0.2) is 19.6 Å². The molecule has 2 aromatic heterocycles. The zero-order valence-corrected chi connectivity index (χ0v) is 9.18. The van der Waals surface area contributed by atoms with Gasteiger partial charge in [-0.1, -0.05) is 0 Å². The van der Waals surface area contributed by atoms with Crippen molar-refractivity contribution < 1.29 is 0 Å². The molecular weight excluding hydrogens is 190 g/mol. The highest BCUT2D eigenvalue weighted by Crippen LogP contribution is 2.20. The molecule has 15 heavy (non-hydrogen) atoms. The molecule has 5 nitrogen and oxygen atoms in total. The first-order valence-electron chi connectivity index (χ1n) is 4.88. The van der Waals surface area contributed by atoms with Crippen molar-refractivity contribution in [3.63, 3.8) is 0 Å². The summed E-state index contributed by atoms with van der Waals surface area (Å²) in [6.07, 6.45) is 3.81. The lowest BCUT2D eigenvalue weighted by Gasteiger charge is -2.11. The van der Waals surface area contributed by atoms with Gasteiger partial charge in [0.15, 0.2) is 0 Å². The Balaban J connectivity index is 2.35. The molecule has 0 aliphatic carbocycles. The molecule has 2 heterocycles. The summed E-state index contributed by atoms with van der Waals surface area (Å²) in [6, 6.07) is 1.99. The van der Waals surface area contributed by atoms with Crippen LogP contribution in [0.2, 0.25) is 0 Å². The zero-order chi connectivity index (χ0) is 11.0. The second-order valence-electron chi connectivity index (χ2n) is 3.78. The molecule has 2 N–H and O–H groups in total. The molecule has 5 heteroatoms. The highest BCUT2D eigenvalue weighted by molar-refractivity contribution is 5.32. The van der Waals surface area contributed by atoms with E-state index in [1.165, 1.54) is 0 Å². The summed E-state index contributed by atoms with van der Waals surface area (Å²) in [7, 11) is 1.90. The minimum Gasteiger partial charge on any atom is -0.384 e. The predicted octanol–water partition coefficient (Wildman–Crippen LogP) is 1.12. The zero-order valence-electron chi connectivity index (χ0n) is 9.18. The lowest BCUT2D eigenvalue weighted by atomic mass is 10.2. The maximum atomic E-state index is 5.86. The van der Waals surface area contributed by atoms with Gasteiger partial charge in [-0.3, -0.25) is 4.68 Å². The third-order valence-electron chi connectivity index (χ3n) is 2.46. The van der Waals surface area contributed by atoms with Gasteiger partial charge in [0.05, 0.1) is 17.9 Å². The van der Waals surface area contributed by atoms with Crippen LogP contribution < -0.4 is 5.73 Å². The average Bonchev–Trinajstić information content (AvgIpc) is 2.71. The smallest absolute Gasteiger partial charge is 0.122 e. The van der Waals surface area contributed by atoms with E-state index in [0.29, 0.717) is 5.82 Å². The van der Waals surface area contributed by atoms with Crippen LogP contribution in [0.3, 0.4) is 0 Å². The van der Waals surface area contributed by atoms with Gasteiger partial charge >= 0.3 is 0 Å². The Morgan fingerprint density at radius 1 is 1.47 bits per heavy atom. The minimum absolute atomic E-state index is 0.118. The first-order valence-corrected chi connectivity index (χ1v) is 4.88. The molecule has 0 saturated carbocycles. The fourth-order valence-corrected chi connectivity index (χ4v) is 1.64. The molecule has 0 radical (unpaired) electrons. The second-order valence-corrected chi connectivity index (χ2v) is 3.78. The fraction of sp³-hybridized carbons (Fsp3) is 0.400. The molecule has 2 rings (SSSR count). The van der Waals surface area contributed by atoms with Gasteiger partial charge in [0.2, 0.25) is 0 Å². The maximum absolute atomic E-state index is 5.86. The van der Waals surface area contributed by atoms with Gasteiger partial charge in [-0.15, -0.1) is 0 Å². The van der Waals surface area contributed by atoms with E-state index in [-0.39, 0.29) is 6.04 Å². The van der Waals surface area contributed by atoms with Crippen molar-refractivity contribution in [1.29, 1.82) is 0 Å². The van der Waals surface area contributed by atoms with Crippen molar-refractivity contribution in [1.82, 2.24) is 19.6 Å². The Labute approximate surface area is 88.5 Å². The van der Waals surface area contributed by atoms with Crippen molar-refractivity contribution >= 4 is 5.82 Å². The summed E-state index contributed by atoms with van der Waals surface area (Å²) in [5.41, 5.74) is 7.90. The van der Waals surface area contributed by atoms with Gasteiger partial charge in [-0.25, -0.2) is 4.68 Å². The fourth-order valence-electron chi connectivity index (χ4n) is 1.64. The van der Waals surface area contributed by atoms with Gasteiger partial charge in [0.25, 0.3) is 0 Å². The van der Waals surface area contributed by atoms with E-state index >= 15 is 0 Å². The number of rotatable bonds is 2. The number of aryl methyl sites for hydroxylation is 2. The molecule has 1 atom stereocenters. The predicted molar refractivity (Wildman–Crippen MR) is 58.4 cm³/mol. The normalized spacial score (nSPS) is 13.0. The number of nitrogens with two attached hydrogens (primary N) is 1. The van der Waals surface area contributed by atoms with Crippen LogP contribution in [-0.2, 0) is 7.05 Å². The minimum atomic E-state index is 0.118. The molecule has 0 bridgehead atoms. The lowest BCUT2D eigenvalue weighted by molar-refractivity contribution is 0.568. The number of anilines is 1.